The van der Waals surface area contributed by atoms with Crippen molar-refractivity contribution in [3.05, 3.63) is 42.0 Å². The Morgan fingerprint density at radius 1 is 1.38 bits per heavy atom. The highest BCUT2D eigenvalue weighted by Gasteiger charge is 2.09. The van der Waals surface area contributed by atoms with Gasteiger partial charge in [-0.05, 0) is 24.1 Å². The van der Waals surface area contributed by atoms with E-state index < -0.39 is 6.10 Å². The normalized spacial score (nSPS) is 12.6. The van der Waals surface area contributed by atoms with Crippen LogP contribution in [0.15, 0.2) is 30.7 Å². The van der Waals surface area contributed by atoms with Gasteiger partial charge in [-0.25, -0.2) is 4.68 Å². The van der Waals surface area contributed by atoms with Crippen molar-refractivity contribution in [1.82, 2.24) is 20.0 Å². The molecule has 2 rings (SSSR count). The van der Waals surface area contributed by atoms with E-state index in [1.54, 1.807) is 23.3 Å². The van der Waals surface area contributed by atoms with Gasteiger partial charge in [-0.2, -0.15) is 0 Å². The molecule has 0 aliphatic carbocycles. The van der Waals surface area contributed by atoms with Gasteiger partial charge in [-0.15, -0.1) is 5.10 Å². The first-order valence-corrected chi connectivity index (χ1v) is 5.26. The van der Waals surface area contributed by atoms with Gasteiger partial charge in [0.2, 0.25) is 0 Å². The third-order valence-corrected chi connectivity index (χ3v) is 2.38. The van der Waals surface area contributed by atoms with Gasteiger partial charge in [-0.1, -0.05) is 12.1 Å². The summed E-state index contributed by atoms with van der Waals surface area (Å²) >= 11 is 0. The van der Waals surface area contributed by atoms with Crippen molar-refractivity contribution in [2.75, 3.05) is 0 Å². The van der Waals surface area contributed by atoms with Crippen LogP contribution >= 0.6 is 0 Å². The minimum absolute atomic E-state index is 0.522. The average molecular weight is 218 g/mol. The molecule has 0 aliphatic rings. The van der Waals surface area contributed by atoms with Crippen molar-refractivity contribution in [2.24, 2.45) is 0 Å². The molecule has 0 radical (unpaired) electrons. The summed E-state index contributed by atoms with van der Waals surface area (Å²) in [5, 5.41) is 17.5. The molecule has 0 fully saturated rings. The lowest BCUT2D eigenvalue weighted by atomic mass is 10.2. The zero-order valence-electron chi connectivity index (χ0n) is 9.11. The largest absolute Gasteiger partial charge is 0.387 e. The molecule has 0 amide bonds. The smallest absolute Gasteiger partial charge is 0.111 e. The van der Waals surface area contributed by atoms with E-state index in [0.717, 1.165) is 5.56 Å². The second-order valence-electron chi connectivity index (χ2n) is 3.62. The van der Waals surface area contributed by atoms with Crippen molar-refractivity contribution in [1.29, 1.82) is 0 Å². The van der Waals surface area contributed by atoms with E-state index in [4.69, 9.17) is 0 Å². The summed E-state index contributed by atoms with van der Waals surface area (Å²) in [7, 11) is 0. The SMILES string of the molecule is CCC(O)c1cn(Cc2ccncc2)nn1. The second kappa shape index (κ2) is 4.85. The zero-order chi connectivity index (χ0) is 11.4. The Balaban J connectivity index is 2.09. The Kier molecular flexibility index (Phi) is 3.26. The van der Waals surface area contributed by atoms with Crippen LogP contribution in [-0.2, 0) is 6.54 Å². The Morgan fingerprint density at radius 3 is 2.81 bits per heavy atom. The lowest BCUT2D eigenvalue weighted by Gasteiger charge is -2.01. The van der Waals surface area contributed by atoms with Gasteiger partial charge >= 0.3 is 0 Å². The molecule has 1 unspecified atom stereocenters. The first-order valence-electron chi connectivity index (χ1n) is 5.26. The van der Waals surface area contributed by atoms with E-state index in [-0.39, 0.29) is 0 Å². The van der Waals surface area contributed by atoms with E-state index >= 15 is 0 Å². The van der Waals surface area contributed by atoms with Crippen LogP contribution < -0.4 is 0 Å². The van der Waals surface area contributed by atoms with E-state index in [0.29, 0.717) is 18.7 Å². The van der Waals surface area contributed by atoms with E-state index in [1.807, 2.05) is 19.1 Å². The molecular weight excluding hydrogens is 204 g/mol. The molecule has 84 valence electrons. The Labute approximate surface area is 93.8 Å². The molecular formula is C11H14N4O. The molecule has 0 saturated carbocycles. The Bertz CT molecular complexity index is 440. The summed E-state index contributed by atoms with van der Waals surface area (Å²) in [6.45, 7) is 2.55. The first kappa shape index (κ1) is 10.8. The van der Waals surface area contributed by atoms with Crippen molar-refractivity contribution >= 4 is 0 Å². The molecule has 0 spiro atoms. The number of rotatable bonds is 4. The van der Waals surface area contributed by atoms with Crippen molar-refractivity contribution in [2.45, 2.75) is 26.0 Å². The van der Waals surface area contributed by atoms with E-state index in [2.05, 4.69) is 15.3 Å². The fourth-order valence-electron chi connectivity index (χ4n) is 1.43. The van der Waals surface area contributed by atoms with Crippen molar-refractivity contribution in [3.63, 3.8) is 0 Å². The van der Waals surface area contributed by atoms with Gasteiger partial charge in [0.25, 0.3) is 0 Å². The molecule has 0 saturated heterocycles. The predicted molar refractivity (Wildman–Crippen MR) is 58.6 cm³/mol. The third-order valence-electron chi connectivity index (χ3n) is 2.38. The standard InChI is InChI=1S/C11H14N4O/c1-2-11(16)10-8-15(14-13-10)7-9-3-5-12-6-4-9/h3-6,8,11,16H,2,7H2,1H3. The monoisotopic (exact) mass is 218 g/mol. The van der Waals surface area contributed by atoms with Gasteiger partial charge in [0, 0.05) is 12.4 Å². The highest BCUT2D eigenvalue weighted by atomic mass is 16.3. The molecule has 2 aromatic rings. The maximum atomic E-state index is 9.58. The maximum Gasteiger partial charge on any atom is 0.111 e. The Hall–Kier alpha value is -1.75. The lowest BCUT2D eigenvalue weighted by Crippen LogP contribution is -2.00. The molecule has 1 N–H and O–H groups in total. The highest BCUT2D eigenvalue weighted by molar-refractivity contribution is 5.10. The van der Waals surface area contributed by atoms with Gasteiger partial charge in [0.05, 0.1) is 18.8 Å². The molecule has 2 aromatic heterocycles. The minimum Gasteiger partial charge on any atom is -0.387 e. The van der Waals surface area contributed by atoms with Gasteiger partial charge in [0.1, 0.15) is 5.69 Å². The molecule has 5 heteroatoms. The average Bonchev–Trinajstić information content (AvgIpc) is 2.78. The van der Waals surface area contributed by atoms with Crippen LogP contribution in [0.1, 0.15) is 30.7 Å². The summed E-state index contributed by atoms with van der Waals surface area (Å²) < 4.78 is 1.71. The van der Waals surface area contributed by atoms with Gasteiger partial charge < -0.3 is 5.11 Å². The molecule has 0 bridgehead atoms. The van der Waals surface area contributed by atoms with Crippen LogP contribution in [0.25, 0.3) is 0 Å². The number of aliphatic hydroxyl groups excluding tert-OH is 1. The summed E-state index contributed by atoms with van der Waals surface area (Å²) in [6.07, 6.45) is 5.39. The van der Waals surface area contributed by atoms with Crippen LogP contribution in [0.5, 0.6) is 0 Å². The van der Waals surface area contributed by atoms with Crippen LogP contribution in [0, 0.1) is 0 Å². The minimum atomic E-state index is -0.522. The summed E-state index contributed by atoms with van der Waals surface area (Å²) in [5.41, 5.74) is 1.73. The second-order valence-corrected chi connectivity index (χ2v) is 3.62. The molecule has 2 heterocycles. The number of hydrogen-bond donors (Lipinski definition) is 1. The van der Waals surface area contributed by atoms with Gasteiger partial charge in [-0.3, -0.25) is 4.98 Å². The third kappa shape index (κ3) is 2.43. The number of hydrogen-bond acceptors (Lipinski definition) is 4. The predicted octanol–water partition coefficient (Wildman–Crippen LogP) is 1.16. The van der Waals surface area contributed by atoms with Crippen molar-refractivity contribution < 1.29 is 5.11 Å². The quantitative estimate of drug-likeness (QED) is 0.836. The fraction of sp³-hybridized carbons (Fsp3) is 0.364. The summed E-state index contributed by atoms with van der Waals surface area (Å²) in [6, 6.07) is 3.86. The van der Waals surface area contributed by atoms with E-state index in [1.165, 1.54) is 0 Å². The first-order chi connectivity index (χ1) is 7.79. The molecule has 0 aromatic carbocycles. The maximum absolute atomic E-state index is 9.58. The molecule has 5 nitrogen and oxygen atoms in total. The Morgan fingerprint density at radius 2 is 2.12 bits per heavy atom. The van der Waals surface area contributed by atoms with Crippen LogP contribution in [0.3, 0.4) is 0 Å². The number of aliphatic hydroxyl groups is 1. The summed E-state index contributed by atoms with van der Waals surface area (Å²) in [4.78, 5) is 3.95. The number of aromatic nitrogens is 4. The lowest BCUT2D eigenvalue weighted by molar-refractivity contribution is 0.168. The van der Waals surface area contributed by atoms with Gasteiger partial charge in [0.15, 0.2) is 0 Å². The topological polar surface area (TPSA) is 63.8 Å². The highest BCUT2D eigenvalue weighted by Crippen LogP contribution is 2.12. The fourth-order valence-corrected chi connectivity index (χ4v) is 1.43. The zero-order valence-corrected chi connectivity index (χ0v) is 9.11. The molecule has 0 aliphatic heterocycles. The van der Waals surface area contributed by atoms with Crippen LogP contribution in [0.2, 0.25) is 0 Å². The molecule has 16 heavy (non-hydrogen) atoms. The van der Waals surface area contributed by atoms with Crippen LogP contribution in [0.4, 0.5) is 0 Å². The molecule has 1 atom stereocenters. The van der Waals surface area contributed by atoms with Crippen molar-refractivity contribution in [3.8, 4) is 0 Å². The number of pyridine rings is 1. The summed E-state index contributed by atoms with van der Waals surface area (Å²) in [5.74, 6) is 0. The van der Waals surface area contributed by atoms with Crippen LogP contribution in [-0.4, -0.2) is 25.1 Å². The number of nitrogens with zero attached hydrogens (tertiary/aromatic N) is 4. The van der Waals surface area contributed by atoms with E-state index in [9.17, 15) is 5.11 Å².